The zero-order valence-electron chi connectivity index (χ0n) is 18.2. The number of aromatic nitrogens is 3. The number of hydrogen-bond donors (Lipinski definition) is 5. The summed E-state index contributed by atoms with van der Waals surface area (Å²) in [4.78, 5) is 35.9. The number of nitrogen functional groups attached to an aromatic ring is 1. The van der Waals surface area contributed by atoms with Crippen molar-refractivity contribution < 1.29 is 42.3 Å². The van der Waals surface area contributed by atoms with Crippen molar-refractivity contribution in [1.29, 1.82) is 0 Å². The first kappa shape index (κ1) is 27.0. The zero-order valence-corrected chi connectivity index (χ0v) is 20.8. The fraction of sp³-hybridized carbons (Fsp3) is 0.588. The number of nitrogens with zero attached hydrogens (tertiary/aromatic N) is 3. The third-order valence-electron chi connectivity index (χ3n) is 4.42. The van der Waals surface area contributed by atoms with Crippen LogP contribution >= 0.6 is 27.0 Å². The highest BCUT2D eigenvalue weighted by atomic mass is 32.1. The molecule has 2 heterocycles. The van der Waals surface area contributed by atoms with Crippen molar-refractivity contribution in [3.63, 3.8) is 0 Å². The minimum Gasteiger partial charge on any atom is -0.383 e. The Bertz CT molecular complexity index is 1040. The predicted octanol–water partition coefficient (Wildman–Crippen LogP) is 1.92. The van der Waals surface area contributed by atoms with Gasteiger partial charge in [0, 0.05) is 19.5 Å². The summed E-state index contributed by atoms with van der Waals surface area (Å²) in [7, 11) is -10.1. The molecule has 0 fully saturated rings. The highest BCUT2D eigenvalue weighted by Crippen LogP contribution is 2.57. The minimum atomic E-state index is -5.18. The van der Waals surface area contributed by atoms with Crippen LogP contribution < -0.4 is 10.3 Å². The third kappa shape index (κ3) is 7.95. The molecule has 32 heavy (non-hydrogen) atoms. The summed E-state index contributed by atoms with van der Waals surface area (Å²) in [6.45, 7) is 7.54. The molecule has 0 bridgehead atoms. The Morgan fingerprint density at radius 2 is 1.91 bits per heavy atom. The maximum absolute atomic E-state index is 11.7. The Labute approximate surface area is 189 Å². The largest absolute Gasteiger partial charge is 0.481 e. The maximum Gasteiger partial charge on any atom is 0.481 e. The quantitative estimate of drug-likeness (QED) is 0.219. The van der Waals surface area contributed by atoms with E-state index in [9.17, 15) is 19.1 Å². The lowest BCUT2D eigenvalue weighted by atomic mass is 10.1. The lowest BCUT2D eigenvalue weighted by molar-refractivity contribution is -0.700. The van der Waals surface area contributed by atoms with Gasteiger partial charge in [-0.1, -0.05) is 25.2 Å². The van der Waals surface area contributed by atoms with E-state index in [0.29, 0.717) is 35.2 Å². The van der Waals surface area contributed by atoms with Crippen LogP contribution in [0.4, 0.5) is 5.82 Å². The number of anilines is 1. The molecule has 12 nitrogen and oxygen atoms in total. The highest BCUT2D eigenvalue weighted by Gasteiger charge is 2.33. The first-order valence-electron chi connectivity index (χ1n) is 9.70. The van der Waals surface area contributed by atoms with E-state index in [1.54, 1.807) is 13.1 Å². The van der Waals surface area contributed by atoms with Gasteiger partial charge in [0.2, 0.25) is 0 Å². The highest BCUT2D eigenvalue weighted by molar-refractivity contribution is 7.60. The van der Waals surface area contributed by atoms with E-state index < -0.39 is 21.7 Å². The molecule has 0 amide bonds. The summed E-state index contributed by atoms with van der Waals surface area (Å²) < 4.78 is 32.8. The first-order chi connectivity index (χ1) is 14.7. The minimum absolute atomic E-state index is 0.153. The van der Waals surface area contributed by atoms with Gasteiger partial charge in [-0.3, -0.25) is 4.52 Å². The molecule has 2 aromatic heterocycles. The number of hydrogen-bond acceptors (Lipinski definition) is 9. The number of phosphoric ester groups is 1. The molecule has 2 atom stereocenters. The van der Waals surface area contributed by atoms with Gasteiger partial charge in [-0.2, -0.15) is 8.88 Å². The molecule has 0 aliphatic carbocycles. The molecule has 0 radical (unpaired) electrons. The molecule has 6 N–H and O–H groups in total. The van der Waals surface area contributed by atoms with Crippen LogP contribution in [0.1, 0.15) is 53.3 Å². The fourth-order valence-corrected chi connectivity index (χ4v) is 5.84. The molecule has 0 saturated heterocycles. The van der Waals surface area contributed by atoms with E-state index in [4.69, 9.17) is 15.5 Å². The zero-order chi connectivity index (χ0) is 24.3. The summed E-state index contributed by atoms with van der Waals surface area (Å²) in [6.07, 6.45) is 1.56. The Morgan fingerprint density at radius 1 is 1.25 bits per heavy atom. The van der Waals surface area contributed by atoms with Crippen LogP contribution in [0, 0.1) is 19.8 Å². The number of aliphatic hydroxyl groups is 1. The number of rotatable bonds is 11. The van der Waals surface area contributed by atoms with Crippen LogP contribution in [0.5, 0.6) is 0 Å². The number of nitrogens with two attached hydrogens (primary N) is 1. The van der Waals surface area contributed by atoms with Gasteiger partial charge < -0.3 is 25.5 Å². The monoisotopic (exact) mass is 511 g/mol. The topological polar surface area (TPSA) is 189 Å². The van der Waals surface area contributed by atoms with E-state index in [1.807, 2.05) is 25.3 Å². The SMILES string of the molecule is Cc1ncc(C[n+]2c([C@H](O)CC(C)C)sc(CCOP(=O)(O)OP(=O)(O)O)c2C)c(N)n1. The molecule has 1 unspecified atom stereocenters. The lowest BCUT2D eigenvalue weighted by Crippen LogP contribution is -2.41. The van der Waals surface area contributed by atoms with Gasteiger partial charge in [0.05, 0.1) is 17.0 Å². The normalized spacial score (nSPS) is 15.2. The van der Waals surface area contributed by atoms with Crippen molar-refractivity contribution >= 4 is 32.8 Å². The van der Waals surface area contributed by atoms with Crippen LogP contribution in [-0.2, 0) is 30.9 Å². The average molecular weight is 511 g/mol. The molecule has 180 valence electrons. The van der Waals surface area contributed by atoms with Crippen molar-refractivity contribution in [2.24, 2.45) is 5.92 Å². The Hall–Kier alpha value is -1.27. The van der Waals surface area contributed by atoms with Gasteiger partial charge in [0.15, 0.2) is 12.2 Å². The molecular formula is C17H29N4O8P2S+. The molecule has 0 aliphatic heterocycles. The van der Waals surface area contributed by atoms with Gasteiger partial charge in [0.25, 0.3) is 5.01 Å². The van der Waals surface area contributed by atoms with Gasteiger partial charge in [-0.05, 0) is 19.3 Å². The standard InChI is InChI=1S/C17H28N4O8P2S/c1-10(2)7-14(22)17-21(9-13-8-19-12(4)20-16(13)18)11(3)15(32-17)5-6-28-31(26,27)29-30(23,24)25/h8,10,14,22H,5-7,9H2,1-4H3,(H4-,18,19,20,23,24,25,26,27)/p+1/t14-/m1/s1. The van der Waals surface area contributed by atoms with Crippen molar-refractivity contribution in [3.8, 4) is 0 Å². The maximum atomic E-state index is 11.7. The van der Waals surface area contributed by atoms with Crippen molar-refractivity contribution in [3.05, 3.63) is 33.2 Å². The van der Waals surface area contributed by atoms with Crippen molar-refractivity contribution in [2.45, 2.75) is 53.2 Å². The van der Waals surface area contributed by atoms with Crippen LogP contribution in [-0.4, -0.2) is 36.4 Å². The molecule has 15 heteroatoms. The summed E-state index contributed by atoms with van der Waals surface area (Å²) >= 11 is 1.31. The Balaban J connectivity index is 2.28. The molecule has 0 spiro atoms. The summed E-state index contributed by atoms with van der Waals surface area (Å²) in [6, 6.07) is 0. The summed E-state index contributed by atoms with van der Waals surface area (Å²) in [5, 5.41) is 11.5. The van der Waals surface area contributed by atoms with E-state index in [2.05, 4.69) is 18.8 Å². The molecule has 0 aromatic carbocycles. The number of phosphoric acid groups is 2. The predicted molar refractivity (Wildman–Crippen MR) is 117 cm³/mol. The van der Waals surface area contributed by atoms with Gasteiger partial charge in [-0.15, -0.1) is 0 Å². The van der Waals surface area contributed by atoms with Crippen LogP contribution in [0.15, 0.2) is 6.20 Å². The molecular weight excluding hydrogens is 482 g/mol. The van der Waals surface area contributed by atoms with E-state index in [1.165, 1.54) is 11.3 Å². The van der Waals surface area contributed by atoms with Crippen molar-refractivity contribution in [1.82, 2.24) is 9.97 Å². The second kappa shape index (κ2) is 10.8. The number of thiazole rings is 1. The Kier molecular flexibility index (Phi) is 9.08. The summed E-state index contributed by atoms with van der Waals surface area (Å²) in [5.74, 6) is 1.12. The van der Waals surface area contributed by atoms with Crippen LogP contribution in [0.2, 0.25) is 0 Å². The van der Waals surface area contributed by atoms with E-state index >= 15 is 0 Å². The van der Waals surface area contributed by atoms with Gasteiger partial charge >= 0.3 is 15.6 Å². The second-order valence-electron chi connectivity index (χ2n) is 7.63. The average Bonchev–Trinajstić information content (AvgIpc) is 2.91. The van der Waals surface area contributed by atoms with Gasteiger partial charge in [-0.25, -0.2) is 19.1 Å². The van der Waals surface area contributed by atoms with E-state index in [-0.39, 0.29) is 18.9 Å². The van der Waals surface area contributed by atoms with Gasteiger partial charge in [0.1, 0.15) is 17.7 Å². The molecule has 2 rings (SSSR count). The molecule has 0 aliphatic rings. The summed E-state index contributed by atoms with van der Waals surface area (Å²) in [5.41, 5.74) is 7.49. The van der Waals surface area contributed by atoms with E-state index in [0.717, 1.165) is 10.6 Å². The third-order valence-corrected chi connectivity index (χ3v) is 8.05. The van der Waals surface area contributed by atoms with Crippen molar-refractivity contribution in [2.75, 3.05) is 12.3 Å². The number of aliphatic hydroxyl groups excluding tert-OH is 1. The Morgan fingerprint density at radius 3 is 2.47 bits per heavy atom. The molecule has 2 aromatic rings. The van der Waals surface area contributed by atoms with Crippen LogP contribution in [0.3, 0.4) is 0 Å². The van der Waals surface area contributed by atoms with Crippen LogP contribution in [0.25, 0.3) is 0 Å². The first-order valence-corrected chi connectivity index (χ1v) is 13.5. The molecule has 0 saturated carbocycles. The second-order valence-corrected chi connectivity index (χ2v) is 11.6. The smallest absolute Gasteiger partial charge is 0.383 e. The number of aryl methyl sites for hydroxylation is 1. The fourth-order valence-electron chi connectivity index (χ4n) is 3.01. The lowest BCUT2D eigenvalue weighted by Gasteiger charge is -2.11.